The lowest BCUT2D eigenvalue weighted by atomic mass is 10.1. The van der Waals surface area contributed by atoms with Gasteiger partial charge in [-0.1, -0.05) is 36.9 Å². The molecule has 1 aromatic rings. The summed E-state index contributed by atoms with van der Waals surface area (Å²) in [6.07, 6.45) is 0.740. The van der Waals surface area contributed by atoms with Gasteiger partial charge in [0, 0.05) is 10.8 Å². The zero-order valence-corrected chi connectivity index (χ0v) is 13.2. The molecule has 0 bridgehead atoms. The minimum Gasteiger partial charge on any atom is -0.458 e. The van der Waals surface area contributed by atoms with Gasteiger partial charge in [0.15, 0.2) is 0 Å². The average Bonchev–Trinajstić information content (AvgIpc) is 2.70. The summed E-state index contributed by atoms with van der Waals surface area (Å²) in [6, 6.07) is 9.77. The third-order valence-electron chi connectivity index (χ3n) is 2.93. The summed E-state index contributed by atoms with van der Waals surface area (Å²) in [5.74, 6) is 0.0886. The van der Waals surface area contributed by atoms with E-state index < -0.39 is 5.60 Å². The largest absolute Gasteiger partial charge is 0.458 e. The van der Waals surface area contributed by atoms with Crippen molar-refractivity contribution < 1.29 is 9.53 Å². The van der Waals surface area contributed by atoms with Crippen LogP contribution in [-0.2, 0) is 9.53 Å². The predicted molar refractivity (Wildman–Crippen MR) is 83.1 cm³/mol. The van der Waals surface area contributed by atoms with Gasteiger partial charge < -0.3 is 4.74 Å². The Morgan fingerprint density at radius 1 is 1.30 bits per heavy atom. The molecule has 0 fully saturated rings. The van der Waals surface area contributed by atoms with E-state index in [-0.39, 0.29) is 12.0 Å². The minimum absolute atomic E-state index is 0.215. The van der Waals surface area contributed by atoms with E-state index in [1.54, 1.807) is 11.8 Å². The molecule has 1 aromatic carbocycles. The van der Waals surface area contributed by atoms with Crippen molar-refractivity contribution in [2.75, 3.05) is 0 Å². The molecule has 108 valence electrons. The van der Waals surface area contributed by atoms with Gasteiger partial charge in [-0.3, -0.25) is 4.99 Å². The van der Waals surface area contributed by atoms with Crippen LogP contribution in [-0.4, -0.2) is 22.7 Å². The van der Waals surface area contributed by atoms with Gasteiger partial charge in [-0.05, 0) is 39.3 Å². The van der Waals surface area contributed by atoms with Crippen molar-refractivity contribution in [1.82, 2.24) is 0 Å². The number of benzene rings is 1. The molecule has 4 heteroatoms. The molecule has 0 aromatic heterocycles. The Balaban J connectivity index is 2.04. The van der Waals surface area contributed by atoms with Crippen LogP contribution < -0.4 is 0 Å². The van der Waals surface area contributed by atoms with Gasteiger partial charge in [-0.2, -0.15) is 0 Å². The molecular weight excluding hydrogens is 270 g/mol. The Morgan fingerprint density at radius 3 is 2.55 bits per heavy atom. The van der Waals surface area contributed by atoms with Crippen molar-refractivity contribution in [3.8, 4) is 0 Å². The summed E-state index contributed by atoms with van der Waals surface area (Å²) in [4.78, 5) is 17.8. The van der Waals surface area contributed by atoms with Crippen molar-refractivity contribution in [2.24, 2.45) is 10.9 Å². The maximum atomic E-state index is 12.1. The Labute approximate surface area is 124 Å². The summed E-state index contributed by atoms with van der Waals surface area (Å²) in [5.41, 5.74) is -0.453. The van der Waals surface area contributed by atoms with Crippen LogP contribution in [0.5, 0.6) is 0 Å². The zero-order chi connectivity index (χ0) is 14.8. The van der Waals surface area contributed by atoms with Crippen molar-refractivity contribution in [3.05, 3.63) is 30.3 Å². The number of hydrogen-bond donors (Lipinski definition) is 0. The van der Waals surface area contributed by atoms with Gasteiger partial charge in [0.25, 0.3) is 0 Å². The summed E-state index contributed by atoms with van der Waals surface area (Å²) >= 11 is 1.64. The highest BCUT2D eigenvalue weighted by atomic mass is 32.2. The van der Waals surface area contributed by atoms with Crippen LogP contribution in [0.3, 0.4) is 0 Å². The summed E-state index contributed by atoms with van der Waals surface area (Å²) < 4.78 is 5.41. The number of nitrogens with zero attached hydrogens (tertiary/aromatic N) is 1. The van der Waals surface area contributed by atoms with Gasteiger partial charge in [-0.15, -0.1) is 0 Å². The van der Waals surface area contributed by atoms with E-state index in [0.29, 0.717) is 5.92 Å². The van der Waals surface area contributed by atoms with Gasteiger partial charge in [0.2, 0.25) is 0 Å². The maximum Gasteiger partial charge on any atom is 0.331 e. The van der Waals surface area contributed by atoms with Crippen LogP contribution in [0.25, 0.3) is 0 Å². The molecule has 1 heterocycles. The Morgan fingerprint density at radius 2 is 1.95 bits per heavy atom. The Kier molecular flexibility index (Phi) is 4.53. The molecule has 0 saturated heterocycles. The normalized spacial score (nSPS) is 22.5. The van der Waals surface area contributed by atoms with E-state index >= 15 is 0 Å². The smallest absolute Gasteiger partial charge is 0.331 e. The van der Waals surface area contributed by atoms with E-state index in [1.807, 2.05) is 39.0 Å². The summed E-state index contributed by atoms with van der Waals surface area (Å²) in [6.45, 7) is 7.75. The van der Waals surface area contributed by atoms with Gasteiger partial charge in [0.05, 0.1) is 5.04 Å². The molecule has 0 N–H and O–H groups in total. The molecule has 0 unspecified atom stereocenters. The molecule has 0 spiro atoms. The molecule has 0 saturated carbocycles. The summed E-state index contributed by atoms with van der Waals surface area (Å²) in [5, 5.41) is 1.02. The fourth-order valence-electron chi connectivity index (χ4n) is 2.02. The number of rotatable bonds is 2. The second-order valence-corrected chi connectivity index (χ2v) is 7.16. The fourth-order valence-corrected chi connectivity index (χ4v) is 3.04. The van der Waals surface area contributed by atoms with Gasteiger partial charge in [-0.25, -0.2) is 4.79 Å². The SMILES string of the molecule is C[C@H]1C[C@@H](C(=O)OC(C)(C)C)N=C1Sc1ccccc1. The molecule has 0 radical (unpaired) electrons. The molecule has 20 heavy (non-hydrogen) atoms. The quantitative estimate of drug-likeness (QED) is 0.775. The van der Waals surface area contributed by atoms with Crippen LogP contribution >= 0.6 is 11.8 Å². The molecule has 0 amide bonds. The second kappa shape index (κ2) is 6.00. The topological polar surface area (TPSA) is 38.7 Å². The lowest BCUT2D eigenvalue weighted by Crippen LogP contribution is -2.30. The number of esters is 1. The van der Waals surface area contributed by atoms with Gasteiger partial charge >= 0.3 is 5.97 Å². The zero-order valence-electron chi connectivity index (χ0n) is 12.4. The van der Waals surface area contributed by atoms with E-state index in [1.165, 1.54) is 0 Å². The number of thioether (sulfide) groups is 1. The lowest BCUT2D eigenvalue weighted by molar-refractivity contribution is -0.156. The van der Waals surface area contributed by atoms with E-state index in [9.17, 15) is 4.79 Å². The number of carbonyl (C=O) groups is 1. The molecule has 2 rings (SSSR count). The first-order valence-electron chi connectivity index (χ1n) is 6.88. The van der Waals surface area contributed by atoms with Crippen LogP contribution in [0.2, 0.25) is 0 Å². The summed E-state index contributed by atoms with van der Waals surface area (Å²) in [7, 11) is 0. The molecule has 1 aliphatic heterocycles. The maximum absolute atomic E-state index is 12.1. The van der Waals surface area contributed by atoms with Crippen LogP contribution in [0, 0.1) is 5.92 Å². The highest BCUT2D eigenvalue weighted by Crippen LogP contribution is 2.32. The monoisotopic (exact) mass is 291 g/mol. The highest BCUT2D eigenvalue weighted by molar-refractivity contribution is 8.14. The van der Waals surface area contributed by atoms with Crippen molar-refractivity contribution in [2.45, 2.75) is 50.7 Å². The van der Waals surface area contributed by atoms with Crippen molar-refractivity contribution >= 4 is 22.8 Å². The van der Waals surface area contributed by atoms with Gasteiger partial charge in [0.1, 0.15) is 11.6 Å². The van der Waals surface area contributed by atoms with Crippen LogP contribution in [0.15, 0.2) is 40.2 Å². The van der Waals surface area contributed by atoms with Crippen molar-refractivity contribution in [3.63, 3.8) is 0 Å². The average molecular weight is 291 g/mol. The molecule has 0 aliphatic carbocycles. The standard InChI is InChI=1S/C16H21NO2S/c1-11-10-13(15(18)19-16(2,3)4)17-14(11)20-12-8-6-5-7-9-12/h5-9,11,13H,10H2,1-4H3/t11-,13-/m0/s1. The highest BCUT2D eigenvalue weighted by Gasteiger charge is 2.33. The van der Waals surface area contributed by atoms with Crippen LogP contribution in [0.1, 0.15) is 34.1 Å². The predicted octanol–water partition coefficient (Wildman–Crippen LogP) is 3.93. The number of aliphatic imine (C=N–C) groups is 1. The Bertz CT molecular complexity index is 505. The first kappa shape index (κ1) is 15.1. The second-order valence-electron chi connectivity index (χ2n) is 6.07. The first-order chi connectivity index (χ1) is 9.35. The fraction of sp³-hybridized carbons (Fsp3) is 0.500. The van der Waals surface area contributed by atoms with E-state index in [4.69, 9.17) is 4.74 Å². The molecule has 1 aliphatic rings. The van der Waals surface area contributed by atoms with E-state index in [0.717, 1.165) is 16.4 Å². The Hall–Kier alpha value is -1.29. The van der Waals surface area contributed by atoms with Crippen LogP contribution in [0.4, 0.5) is 0 Å². The third kappa shape index (κ3) is 4.10. The van der Waals surface area contributed by atoms with Crippen molar-refractivity contribution in [1.29, 1.82) is 0 Å². The minimum atomic E-state index is -0.453. The lowest BCUT2D eigenvalue weighted by Gasteiger charge is -2.21. The third-order valence-corrected chi connectivity index (χ3v) is 4.15. The first-order valence-corrected chi connectivity index (χ1v) is 7.70. The molecular formula is C16H21NO2S. The molecule has 3 nitrogen and oxygen atoms in total. The molecule has 2 atom stereocenters. The number of ether oxygens (including phenoxy) is 1. The number of hydrogen-bond acceptors (Lipinski definition) is 4. The number of carbonyl (C=O) groups excluding carboxylic acids is 1. The van der Waals surface area contributed by atoms with E-state index in [2.05, 4.69) is 24.0 Å².